The second-order valence-corrected chi connectivity index (χ2v) is 3.73. The van der Waals surface area contributed by atoms with E-state index in [0.29, 0.717) is 11.1 Å². The zero-order valence-corrected chi connectivity index (χ0v) is 8.91. The van der Waals surface area contributed by atoms with E-state index in [1.165, 1.54) is 0 Å². The number of nitrogens with zero attached hydrogens (tertiary/aromatic N) is 1. The highest BCUT2D eigenvalue weighted by molar-refractivity contribution is 5.72. The number of hydrogen-bond donors (Lipinski definition) is 3. The second kappa shape index (κ2) is 4.52. The summed E-state index contributed by atoms with van der Waals surface area (Å²) in [7, 11) is 0. The molecule has 0 aliphatic carbocycles. The maximum atomic E-state index is 10.5. The first-order valence-corrected chi connectivity index (χ1v) is 5.09. The van der Waals surface area contributed by atoms with Crippen LogP contribution in [0.4, 0.5) is 0 Å². The molecular formula is C11H12N2O4. The first-order chi connectivity index (χ1) is 8.08. The number of aliphatic hydroxyl groups is 1. The molecule has 90 valence electrons. The number of benzene rings is 1. The van der Waals surface area contributed by atoms with E-state index in [4.69, 9.17) is 15.3 Å². The minimum absolute atomic E-state index is 0.0416. The third kappa shape index (κ3) is 2.43. The van der Waals surface area contributed by atoms with Gasteiger partial charge in [0, 0.05) is 6.04 Å². The number of aliphatic hydroxyl groups excluding tert-OH is 1. The summed E-state index contributed by atoms with van der Waals surface area (Å²) in [5, 5.41) is 18.4. The number of aliphatic carboxylic acids is 1. The Bertz CT molecular complexity index is 504. The van der Waals surface area contributed by atoms with Crippen molar-refractivity contribution >= 4 is 17.1 Å². The Morgan fingerprint density at radius 1 is 1.47 bits per heavy atom. The molecule has 2 atom stereocenters. The van der Waals surface area contributed by atoms with E-state index in [1.807, 2.05) is 0 Å². The number of carbonyl (C=O) groups is 1. The number of nitrogens with two attached hydrogens (primary N) is 1. The lowest BCUT2D eigenvalue weighted by atomic mass is 10.1. The van der Waals surface area contributed by atoms with E-state index in [1.54, 1.807) is 24.3 Å². The molecule has 0 aliphatic heterocycles. The van der Waals surface area contributed by atoms with E-state index in [0.717, 1.165) is 0 Å². The van der Waals surface area contributed by atoms with E-state index in [2.05, 4.69) is 4.98 Å². The molecule has 1 aromatic heterocycles. The number of rotatable bonds is 4. The Labute approximate surface area is 96.7 Å². The monoisotopic (exact) mass is 236 g/mol. The molecule has 0 saturated heterocycles. The van der Waals surface area contributed by atoms with Gasteiger partial charge in [-0.2, -0.15) is 0 Å². The Morgan fingerprint density at radius 3 is 2.82 bits per heavy atom. The van der Waals surface area contributed by atoms with Gasteiger partial charge in [0.25, 0.3) is 0 Å². The van der Waals surface area contributed by atoms with Crippen molar-refractivity contribution in [2.45, 2.75) is 18.6 Å². The van der Waals surface area contributed by atoms with Crippen LogP contribution >= 0.6 is 0 Å². The zero-order valence-electron chi connectivity index (χ0n) is 8.91. The normalized spacial score (nSPS) is 14.7. The van der Waals surface area contributed by atoms with Gasteiger partial charge in [0.2, 0.25) is 5.89 Å². The molecule has 0 radical (unpaired) electrons. The molecule has 0 bridgehead atoms. The molecule has 2 rings (SSSR count). The Morgan fingerprint density at radius 2 is 2.18 bits per heavy atom. The Balaban J connectivity index is 2.24. The van der Waals surface area contributed by atoms with Crippen LogP contribution in [0.1, 0.15) is 18.4 Å². The number of hydrogen-bond acceptors (Lipinski definition) is 5. The molecule has 1 aromatic carbocycles. The molecule has 0 saturated carbocycles. The van der Waals surface area contributed by atoms with Gasteiger partial charge < -0.3 is 20.4 Å². The average Bonchev–Trinajstić information content (AvgIpc) is 2.70. The molecule has 1 unspecified atom stereocenters. The summed E-state index contributed by atoms with van der Waals surface area (Å²) in [6.07, 6.45) is -1.57. The minimum Gasteiger partial charge on any atom is -0.481 e. The van der Waals surface area contributed by atoms with E-state index >= 15 is 0 Å². The van der Waals surface area contributed by atoms with Gasteiger partial charge in [-0.25, -0.2) is 4.98 Å². The minimum atomic E-state index is -1.22. The molecule has 6 nitrogen and oxygen atoms in total. The quantitative estimate of drug-likeness (QED) is 0.719. The maximum Gasteiger partial charge on any atom is 0.305 e. The third-order valence-electron chi connectivity index (χ3n) is 2.38. The number of oxazole rings is 1. The van der Waals surface area contributed by atoms with Crippen LogP contribution in [-0.4, -0.2) is 27.2 Å². The summed E-state index contributed by atoms with van der Waals surface area (Å²) in [6, 6.07) is 6.07. The van der Waals surface area contributed by atoms with Gasteiger partial charge in [-0.05, 0) is 12.1 Å². The topological polar surface area (TPSA) is 110 Å². The van der Waals surface area contributed by atoms with Crippen LogP contribution in [0, 0.1) is 0 Å². The van der Waals surface area contributed by atoms with E-state index in [-0.39, 0.29) is 12.3 Å². The predicted molar refractivity (Wildman–Crippen MR) is 59.2 cm³/mol. The lowest BCUT2D eigenvalue weighted by Crippen LogP contribution is -2.31. The van der Waals surface area contributed by atoms with Crippen molar-refractivity contribution in [1.82, 2.24) is 4.98 Å². The predicted octanol–water partition coefficient (Wildman–Crippen LogP) is 0.663. The lowest BCUT2D eigenvalue weighted by Gasteiger charge is -2.12. The fraction of sp³-hybridized carbons (Fsp3) is 0.273. The number of carboxylic acid groups (broad SMARTS) is 1. The van der Waals surface area contributed by atoms with Crippen molar-refractivity contribution in [2.75, 3.05) is 0 Å². The number of fused-ring (bicyclic) bond motifs is 1. The molecule has 1 heterocycles. The van der Waals surface area contributed by atoms with Crippen LogP contribution < -0.4 is 5.73 Å². The highest BCUT2D eigenvalue weighted by Gasteiger charge is 2.24. The zero-order chi connectivity index (χ0) is 12.4. The second-order valence-electron chi connectivity index (χ2n) is 3.73. The van der Waals surface area contributed by atoms with E-state index in [9.17, 15) is 9.90 Å². The third-order valence-corrected chi connectivity index (χ3v) is 2.38. The molecule has 4 N–H and O–H groups in total. The molecule has 2 aromatic rings. The maximum absolute atomic E-state index is 10.5. The lowest BCUT2D eigenvalue weighted by molar-refractivity contribution is -0.138. The first kappa shape index (κ1) is 11.6. The van der Waals surface area contributed by atoms with Crippen LogP contribution in [0.5, 0.6) is 0 Å². The summed E-state index contributed by atoms with van der Waals surface area (Å²) in [5.74, 6) is -1.03. The smallest absolute Gasteiger partial charge is 0.305 e. The molecular weight excluding hydrogens is 224 g/mol. The highest BCUT2D eigenvalue weighted by Crippen LogP contribution is 2.22. The molecule has 17 heavy (non-hydrogen) atoms. The standard InChI is InChI=1S/C11H12N2O4/c12-6(5-9(14)15)10(16)11-13-7-3-1-2-4-8(7)17-11/h1-4,6,10,16H,5,12H2,(H,14,15)/t6-,10?/m1/s1. The average molecular weight is 236 g/mol. The summed E-state index contributed by atoms with van der Waals surface area (Å²) in [4.78, 5) is 14.5. The van der Waals surface area contributed by atoms with Crippen LogP contribution in [0.15, 0.2) is 28.7 Å². The van der Waals surface area contributed by atoms with Gasteiger partial charge >= 0.3 is 5.97 Å². The van der Waals surface area contributed by atoms with Crippen molar-refractivity contribution < 1.29 is 19.4 Å². The molecule has 0 fully saturated rings. The Hall–Kier alpha value is -1.92. The summed E-state index contributed by atoms with van der Waals surface area (Å²) in [6.45, 7) is 0. The largest absolute Gasteiger partial charge is 0.481 e. The molecule has 0 amide bonds. The van der Waals surface area contributed by atoms with Crippen molar-refractivity contribution in [3.05, 3.63) is 30.2 Å². The van der Waals surface area contributed by atoms with Crippen molar-refractivity contribution in [1.29, 1.82) is 0 Å². The SMILES string of the molecule is N[C@H](CC(=O)O)C(O)c1nc2ccccc2o1. The summed E-state index contributed by atoms with van der Waals surface area (Å²) >= 11 is 0. The van der Waals surface area contributed by atoms with Crippen LogP contribution in [0.3, 0.4) is 0 Å². The van der Waals surface area contributed by atoms with Crippen LogP contribution in [-0.2, 0) is 4.79 Å². The van der Waals surface area contributed by atoms with Crippen molar-refractivity contribution in [2.24, 2.45) is 5.73 Å². The van der Waals surface area contributed by atoms with Gasteiger partial charge in [0.05, 0.1) is 6.42 Å². The first-order valence-electron chi connectivity index (χ1n) is 5.09. The van der Waals surface area contributed by atoms with Gasteiger partial charge in [-0.15, -0.1) is 0 Å². The highest BCUT2D eigenvalue weighted by atomic mass is 16.4. The fourth-order valence-electron chi connectivity index (χ4n) is 1.51. The Kier molecular flexibility index (Phi) is 3.08. The van der Waals surface area contributed by atoms with Crippen molar-refractivity contribution in [3.8, 4) is 0 Å². The molecule has 6 heteroatoms. The van der Waals surface area contributed by atoms with Crippen molar-refractivity contribution in [3.63, 3.8) is 0 Å². The molecule has 0 aliphatic rings. The van der Waals surface area contributed by atoms with Gasteiger partial charge in [0.15, 0.2) is 5.58 Å². The van der Waals surface area contributed by atoms with Crippen LogP contribution in [0.25, 0.3) is 11.1 Å². The number of aromatic nitrogens is 1. The number of para-hydroxylation sites is 2. The fourth-order valence-corrected chi connectivity index (χ4v) is 1.51. The van der Waals surface area contributed by atoms with Gasteiger partial charge in [0.1, 0.15) is 11.6 Å². The summed E-state index contributed by atoms with van der Waals surface area (Å²) < 4.78 is 5.30. The van der Waals surface area contributed by atoms with Crippen LogP contribution in [0.2, 0.25) is 0 Å². The van der Waals surface area contributed by atoms with E-state index < -0.39 is 18.1 Å². The number of carboxylic acids is 1. The summed E-state index contributed by atoms with van der Waals surface area (Å²) in [5.41, 5.74) is 6.67. The molecule has 0 spiro atoms. The van der Waals surface area contributed by atoms with Gasteiger partial charge in [-0.3, -0.25) is 4.79 Å². The van der Waals surface area contributed by atoms with Gasteiger partial charge in [-0.1, -0.05) is 12.1 Å².